The van der Waals surface area contributed by atoms with Gasteiger partial charge in [-0.05, 0) is 30.7 Å². The minimum atomic E-state index is -1.18. The van der Waals surface area contributed by atoms with Gasteiger partial charge in [0.1, 0.15) is 12.1 Å². The van der Waals surface area contributed by atoms with Crippen molar-refractivity contribution in [2.24, 2.45) is 5.10 Å². The standard InChI is InChI=1S/C16H16N6OS/c1-2-7-22-12-19-10-15(22)11-24(23)16-5-3-13(4-6-16)20-21-14(8-17)9-18/h3-6,10,12,20H,2,7,11H2,1H3. The van der Waals surface area contributed by atoms with Crippen molar-refractivity contribution in [1.82, 2.24) is 9.55 Å². The summed E-state index contributed by atoms with van der Waals surface area (Å²) >= 11 is 0. The first-order valence-electron chi connectivity index (χ1n) is 7.29. The molecule has 0 saturated heterocycles. The second-order valence-corrected chi connectivity index (χ2v) is 6.34. The van der Waals surface area contributed by atoms with Gasteiger partial charge in [-0.1, -0.05) is 6.92 Å². The molecule has 0 aliphatic carbocycles. The number of aryl methyl sites for hydroxylation is 1. The monoisotopic (exact) mass is 340 g/mol. The van der Waals surface area contributed by atoms with Gasteiger partial charge >= 0.3 is 0 Å². The number of hydrazone groups is 1. The van der Waals surface area contributed by atoms with E-state index in [4.69, 9.17) is 10.5 Å². The quantitative estimate of drug-likeness (QED) is 0.615. The lowest BCUT2D eigenvalue weighted by Gasteiger charge is -2.07. The number of hydrogen-bond acceptors (Lipinski definition) is 6. The van der Waals surface area contributed by atoms with Crippen LogP contribution in [0, 0.1) is 22.7 Å². The van der Waals surface area contributed by atoms with Crippen LogP contribution in [0.1, 0.15) is 19.0 Å². The van der Waals surface area contributed by atoms with Crippen molar-refractivity contribution in [3.8, 4) is 12.1 Å². The average Bonchev–Trinajstić information content (AvgIpc) is 3.03. The van der Waals surface area contributed by atoms with Gasteiger partial charge in [0.05, 0.1) is 34.3 Å². The lowest BCUT2D eigenvalue weighted by molar-refractivity contribution is 0.652. The first kappa shape index (κ1) is 17.4. The maximum atomic E-state index is 12.5. The largest absolute Gasteiger partial charge is 0.334 e. The van der Waals surface area contributed by atoms with E-state index in [0.717, 1.165) is 18.7 Å². The van der Waals surface area contributed by atoms with Crippen LogP contribution < -0.4 is 5.43 Å². The molecule has 2 aromatic rings. The van der Waals surface area contributed by atoms with Gasteiger partial charge in [0.25, 0.3) is 0 Å². The highest BCUT2D eigenvalue weighted by molar-refractivity contribution is 7.84. The van der Waals surface area contributed by atoms with Gasteiger partial charge in [-0.2, -0.15) is 15.6 Å². The first-order chi connectivity index (χ1) is 11.7. The van der Waals surface area contributed by atoms with Crippen LogP contribution in [0.2, 0.25) is 0 Å². The molecule has 0 bridgehead atoms. The Labute approximate surface area is 142 Å². The molecular formula is C16H16N6OS. The maximum absolute atomic E-state index is 12.5. The molecule has 8 heteroatoms. The highest BCUT2D eigenvalue weighted by Crippen LogP contribution is 2.16. The van der Waals surface area contributed by atoms with Crippen molar-refractivity contribution in [2.75, 3.05) is 5.43 Å². The number of imidazole rings is 1. The molecule has 2 rings (SSSR count). The molecule has 1 heterocycles. The van der Waals surface area contributed by atoms with Crippen LogP contribution >= 0.6 is 0 Å². The number of nitrogens with zero attached hydrogens (tertiary/aromatic N) is 5. The summed E-state index contributed by atoms with van der Waals surface area (Å²) in [6.45, 7) is 2.94. The Morgan fingerprint density at radius 1 is 1.33 bits per heavy atom. The van der Waals surface area contributed by atoms with E-state index in [1.165, 1.54) is 0 Å². The molecule has 1 aromatic heterocycles. The third-order valence-electron chi connectivity index (χ3n) is 3.17. The van der Waals surface area contributed by atoms with Crippen molar-refractivity contribution < 1.29 is 4.21 Å². The van der Waals surface area contributed by atoms with Crippen LogP contribution in [0.4, 0.5) is 5.69 Å². The predicted octanol–water partition coefficient (Wildman–Crippen LogP) is 2.42. The minimum Gasteiger partial charge on any atom is -0.334 e. The van der Waals surface area contributed by atoms with E-state index in [-0.39, 0.29) is 5.71 Å². The van der Waals surface area contributed by atoms with Gasteiger partial charge in [-0.25, -0.2) is 4.98 Å². The Morgan fingerprint density at radius 3 is 2.67 bits per heavy atom. The molecule has 0 saturated carbocycles. The Balaban J connectivity index is 2.04. The summed E-state index contributed by atoms with van der Waals surface area (Å²) in [5, 5.41) is 20.9. The normalized spacial score (nSPS) is 11.1. The number of rotatable bonds is 7. The highest BCUT2D eigenvalue weighted by atomic mass is 32.2. The molecule has 0 aliphatic rings. The Hall–Kier alpha value is -2.97. The van der Waals surface area contributed by atoms with Crippen molar-refractivity contribution in [2.45, 2.75) is 30.5 Å². The first-order valence-corrected chi connectivity index (χ1v) is 8.61. The molecule has 7 nitrogen and oxygen atoms in total. The number of anilines is 1. The molecule has 0 spiro atoms. The van der Waals surface area contributed by atoms with E-state index in [1.54, 1.807) is 48.9 Å². The Kier molecular flexibility index (Phi) is 6.23. The molecule has 0 aliphatic heterocycles. The smallest absolute Gasteiger partial charge is 0.237 e. The second kappa shape index (κ2) is 8.61. The van der Waals surface area contributed by atoms with E-state index in [1.807, 2.05) is 4.57 Å². The molecule has 122 valence electrons. The number of nitriles is 2. The molecule has 0 fully saturated rings. The predicted molar refractivity (Wildman–Crippen MR) is 91.4 cm³/mol. The lowest BCUT2D eigenvalue weighted by atomic mass is 10.3. The minimum absolute atomic E-state index is 0.258. The number of benzene rings is 1. The van der Waals surface area contributed by atoms with Crippen molar-refractivity contribution >= 4 is 22.2 Å². The summed E-state index contributed by atoms with van der Waals surface area (Å²) < 4.78 is 14.5. The van der Waals surface area contributed by atoms with Gasteiger partial charge in [0.2, 0.25) is 5.71 Å². The van der Waals surface area contributed by atoms with Gasteiger partial charge in [0.15, 0.2) is 0 Å². The topological polar surface area (TPSA) is 107 Å². The molecule has 1 atom stereocenters. The van der Waals surface area contributed by atoms with Crippen LogP contribution in [0.3, 0.4) is 0 Å². The van der Waals surface area contributed by atoms with Crippen LogP contribution in [-0.2, 0) is 23.1 Å². The summed E-state index contributed by atoms with van der Waals surface area (Å²) in [6, 6.07) is 10.2. The van der Waals surface area contributed by atoms with Gasteiger partial charge in [0, 0.05) is 17.6 Å². The van der Waals surface area contributed by atoms with Crippen molar-refractivity contribution in [1.29, 1.82) is 10.5 Å². The van der Waals surface area contributed by atoms with Crippen LogP contribution in [-0.4, -0.2) is 19.5 Å². The fourth-order valence-corrected chi connectivity index (χ4v) is 3.12. The van der Waals surface area contributed by atoms with Gasteiger partial charge in [-0.3, -0.25) is 9.63 Å². The number of hydrogen-bond donors (Lipinski definition) is 1. The highest BCUT2D eigenvalue weighted by Gasteiger charge is 2.09. The average molecular weight is 340 g/mol. The molecule has 0 radical (unpaired) electrons. The van der Waals surface area contributed by atoms with E-state index in [2.05, 4.69) is 22.4 Å². The second-order valence-electron chi connectivity index (χ2n) is 4.89. The van der Waals surface area contributed by atoms with Crippen LogP contribution in [0.5, 0.6) is 0 Å². The van der Waals surface area contributed by atoms with E-state index in [0.29, 0.717) is 16.3 Å². The summed E-state index contributed by atoms with van der Waals surface area (Å²) in [5.41, 5.74) is 3.90. The number of aromatic nitrogens is 2. The summed E-state index contributed by atoms with van der Waals surface area (Å²) in [6.07, 6.45) is 4.48. The third-order valence-corrected chi connectivity index (χ3v) is 4.52. The van der Waals surface area contributed by atoms with Gasteiger partial charge < -0.3 is 4.57 Å². The van der Waals surface area contributed by atoms with Crippen LogP contribution in [0.25, 0.3) is 0 Å². The lowest BCUT2D eigenvalue weighted by Crippen LogP contribution is -2.05. The fourth-order valence-electron chi connectivity index (χ4n) is 2.00. The van der Waals surface area contributed by atoms with Crippen molar-refractivity contribution in [3.05, 3.63) is 42.5 Å². The molecule has 1 N–H and O–H groups in total. The zero-order chi connectivity index (χ0) is 17.4. The Morgan fingerprint density at radius 2 is 2.04 bits per heavy atom. The van der Waals surface area contributed by atoms with E-state index >= 15 is 0 Å². The maximum Gasteiger partial charge on any atom is 0.237 e. The molecule has 1 aromatic carbocycles. The summed E-state index contributed by atoms with van der Waals surface area (Å²) in [5.74, 6) is 0.401. The van der Waals surface area contributed by atoms with E-state index < -0.39 is 10.8 Å². The zero-order valence-corrected chi connectivity index (χ0v) is 14.0. The Bertz CT molecular complexity index is 809. The van der Waals surface area contributed by atoms with Gasteiger partial charge in [-0.15, -0.1) is 0 Å². The van der Waals surface area contributed by atoms with E-state index in [9.17, 15) is 4.21 Å². The molecule has 24 heavy (non-hydrogen) atoms. The number of nitrogens with one attached hydrogen (secondary N) is 1. The van der Waals surface area contributed by atoms with Crippen LogP contribution in [0.15, 0.2) is 46.8 Å². The molecule has 0 amide bonds. The summed E-state index contributed by atoms with van der Waals surface area (Å²) in [4.78, 5) is 4.80. The van der Waals surface area contributed by atoms with Crippen molar-refractivity contribution in [3.63, 3.8) is 0 Å². The third kappa shape index (κ3) is 4.51. The zero-order valence-electron chi connectivity index (χ0n) is 13.1. The fraction of sp³-hybridized carbons (Fsp3) is 0.250. The summed E-state index contributed by atoms with van der Waals surface area (Å²) in [7, 11) is -1.18. The molecule has 1 unspecified atom stereocenters. The SMILES string of the molecule is CCCn1cncc1CS(=O)c1ccc(NN=C(C#N)C#N)cc1. The molecular weight excluding hydrogens is 324 g/mol.